The van der Waals surface area contributed by atoms with Crippen LogP contribution in [0.25, 0.3) is 28.1 Å². The average Bonchev–Trinajstić information content (AvgIpc) is 3.51. The number of imidazole rings is 1. The van der Waals surface area contributed by atoms with Crippen molar-refractivity contribution in [3.63, 3.8) is 0 Å². The zero-order chi connectivity index (χ0) is 36.5. The molecule has 0 bridgehead atoms. The summed E-state index contributed by atoms with van der Waals surface area (Å²) >= 11 is 12.6. The van der Waals surface area contributed by atoms with Crippen LogP contribution >= 0.6 is 23.2 Å². The van der Waals surface area contributed by atoms with Crippen LogP contribution < -0.4 is 4.74 Å². The molecule has 0 unspecified atom stereocenters. The van der Waals surface area contributed by atoms with Crippen LogP contribution in [-0.2, 0) is 22.7 Å². The molecule has 260 valence electrons. The van der Waals surface area contributed by atoms with Crippen LogP contribution in [0, 0.1) is 0 Å². The molecule has 0 amide bonds. The van der Waals surface area contributed by atoms with E-state index in [-0.39, 0.29) is 5.41 Å². The molecular formula is C41H33Cl2F3N2O3. The number of carbonyl (C=O) groups excluding carboxylic acids is 1. The van der Waals surface area contributed by atoms with Crippen molar-refractivity contribution in [1.29, 1.82) is 0 Å². The predicted molar refractivity (Wildman–Crippen MR) is 195 cm³/mol. The van der Waals surface area contributed by atoms with Crippen molar-refractivity contribution in [3.8, 4) is 39.6 Å². The van der Waals surface area contributed by atoms with Gasteiger partial charge in [0.1, 0.15) is 17.3 Å². The van der Waals surface area contributed by atoms with Crippen LogP contribution in [0.3, 0.4) is 0 Å². The Bertz CT molecular complexity index is 2190. The summed E-state index contributed by atoms with van der Waals surface area (Å²) in [6.07, 6.45) is -2.76. The molecule has 10 heteroatoms. The fourth-order valence-corrected chi connectivity index (χ4v) is 6.18. The summed E-state index contributed by atoms with van der Waals surface area (Å²) in [5, 5.41) is 0.808. The maximum absolute atomic E-state index is 13.8. The number of benzene rings is 5. The average molecular weight is 730 g/mol. The molecule has 0 saturated carbocycles. The van der Waals surface area contributed by atoms with E-state index in [2.05, 4.69) is 37.6 Å². The maximum atomic E-state index is 13.8. The van der Waals surface area contributed by atoms with Gasteiger partial charge in [0.15, 0.2) is 0 Å². The number of aromatic nitrogens is 2. The summed E-state index contributed by atoms with van der Waals surface area (Å²) < 4.78 is 53.8. The largest absolute Gasteiger partial charge is 0.465 e. The van der Waals surface area contributed by atoms with E-state index in [1.54, 1.807) is 29.0 Å². The van der Waals surface area contributed by atoms with Crippen molar-refractivity contribution >= 4 is 29.2 Å². The van der Waals surface area contributed by atoms with E-state index in [1.165, 1.54) is 11.6 Å². The summed E-state index contributed by atoms with van der Waals surface area (Å²) in [6.45, 7) is 6.51. The number of halogens is 5. The summed E-state index contributed by atoms with van der Waals surface area (Å²) in [7, 11) is 1.04. The van der Waals surface area contributed by atoms with Crippen LogP contribution in [0.2, 0.25) is 10.0 Å². The third-order valence-electron chi connectivity index (χ3n) is 8.44. The molecule has 5 aromatic carbocycles. The van der Waals surface area contributed by atoms with Gasteiger partial charge in [0, 0.05) is 28.9 Å². The van der Waals surface area contributed by atoms with Crippen molar-refractivity contribution in [2.24, 2.45) is 0 Å². The summed E-state index contributed by atoms with van der Waals surface area (Å²) in [6, 6.07) is 32.2. The van der Waals surface area contributed by atoms with Gasteiger partial charge in [-0.15, -0.1) is 0 Å². The molecule has 0 aliphatic heterocycles. The highest BCUT2D eigenvalue weighted by Crippen LogP contribution is 2.36. The number of alkyl halides is 3. The van der Waals surface area contributed by atoms with Gasteiger partial charge < -0.3 is 14.0 Å². The minimum absolute atomic E-state index is 0.0626. The van der Waals surface area contributed by atoms with Crippen LogP contribution in [0.4, 0.5) is 13.2 Å². The van der Waals surface area contributed by atoms with Crippen LogP contribution in [0.15, 0.2) is 115 Å². The molecule has 51 heavy (non-hydrogen) atoms. The molecule has 0 fully saturated rings. The lowest BCUT2D eigenvalue weighted by atomic mass is 9.87. The monoisotopic (exact) mass is 728 g/mol. The number of esters is 1. The Morgan fingerprint density at radius 1 is 0.784 bits per heavy atom. The van der Waals surface area contributed by atoms with Gasteiger partial charge in [-0.1, -0.05) is 92.5 Å². The van der Waals surface area contributed by atoms with E-state index in [9.17, 15) is 18.0 Å². The number of ether oxygens (including phenoxy) is 2. The van der Waals surface area contributed by atoms with Gasteiger partial charge in [0.2, 0.25) is 0 Å². The van der Waals surface area contributed by atoms with Crippen LogP contribution in [0.1, 0.15) is 53.6 Å². The molecule has 6 aromatic rings. The molecule has 0 N–H and O–H groups in total. The van der Waals surface area contributed by atoms with E-state index < -0.39 is 23.3 Å². The third kappa shape index (κ3) is 8.14. The summed E-state index contributed by atoms with van der Waals surface area (Å²) in [4.78, 5) is 17.3. The molecule has 0 radical (unpaired) electrons. The summed E-state index contributed by atoms with van der Waals surface area (Å²) in [5.74, 6) is 0.895. The molecule has 1 aromatic heterocycles. The fraction of sp³-hybridized carbons (Fsp3) is 0.171. The second kappa shape index (κ2) is 14.3. The standard InChI is InChI=1S/C41H33Cl2F3N2O3/c1-40(2,3)28-11-17-32(18-12-28)51-31-15-9-27(10-16-31)26-7-5-25(6-8-26)21-38-47-37(33-19-13-29(42)22-36(33)43)24-48(38)30-14-20-35(41(44,45)46)34(23-30)39(49)50-4/h5-20,22-24H,21H2,1-4H3. The highest BCUT2D eigenvalue weighted by Gasteiger charge is 2.36. The number of rotatable bonds is 8. The minimum atomic E-state index is -4.75. The Morgan fingerprint density at radius 3 is 1.96 bits per heavy atom. The van der Waals surface area contributed by atoms with Crippen molar-refractivity contribution in [2.75, 3.05) is 7.11 Å². The van der Waals surface area contributed by atoms with E-state index in [1.807, 2.05) is 60.7 Å². The lowest BCUT2D eigenvalue weighted by Crippen LogP contribution is -2.15. The minimum Gasteiger partial charge on any atom is -0.465 e. The number of carbonyl (C=O) groups is 1. The number of hydrogen-bond donors (Lipinski definition) is 0. The van der Waals surface area contributed by atoms with E-state index >= 15 is 0 Å². The Kier molecular flexibility index (Phi) is 10.0. The van der Waals surface area contributed by atoms with Gasteiger partial charge in [-0.3, -0.25) is 0 Å². The molecule has 5 nitrogen and oxygen atoms in total. The number of hydrogen-bond acceptors (Lipinski definition) is 4. The quantitative estimate of drug-likeness (QED) is 0.146. The normalized spacial score (nSPS) is 11.8. The first-order valence-corrected chi connectivity index (χ1v) is 16.8. The molecule has 0 aliphatic rings. The first kappa shape index (κ1) is 35.8. The zero-order valence-corrected chi connectivity index (χ0v) is 29.7. The molecule has 1 heterocycles. The molecule has 6 rings (SSSR count). The van der Waals surface area contributed by atoms with E-state index in [4.69, 9.17) is 32.9 Å². The summed E-state index contributed by atoms with van der Waals surface area (Å²) in [5.41, 5.74) is 3.85. The number of methoxy groups -OCH3 is 1. The Labute approximate surface area is 304 Å². The predicted octanol–water partition coefficient (Wildman–Crippen LogP) is 12.0. The fourth-order valence-electron chi connectivity index (χ4n) is 5.67. The zero-order valence-electron chi connectivity index (χ0n) is 28.2. The van der Waals surface area contributed by atoms with Crippen LogP contribution in [0.5, 0.6) is 11.5 Å². The smallest absolute Gasteiger partial charge is 0.417 e. The van der Waals surface area contributed by atoms with Gasteiger partial charge in [-0.25, -0.2) is 9.78 Å². The van der Waals surface area contributed by atoms with Crippen molar-refractivity contribution < 1.29 is 27.4 Å². The lowest BCUT2D eigenvalue weighted by molar-refractivity contribution is -0.138. The number of nitrogens with zero attached hydrogens (tertiary/aromatic N) is 2. The van der Waals surface area contributed by atoms with Gasteiger partial charge in [0.25, 0.3) is 0 Å². The van der Waals surface area contributed by atoms with E-state index in [0.29, 0.717) is 39.2 Å². The van der Waals surface area contributed by atoms with Crippen molar-refractivity contribution in [3.05, 3.63) is 154 Å². The molecule has 0 spiro atoms. The highest BCUT2D eigenvalue weighted by molar-refractivity contribution is 6.36. The van der Waals surface area contributed by atoms with Gasteiger partial charge in [0.05, 0.1) is 29.0 Å². The molecule has 0 atom stereocenters. The Hall–Kier alpha value is -5.05. The van der Waals surface area contributed by atoms with Gasteiger partial charge in [-0.2, -0.15) is 13.2 Å². The van der Waals surface area contributed by atoms with Gasteiger partial charge in [-0.05, 0) is 88.3 Å². The second-order valence-corrected chi connectivity index (χ2v) is 13.9. The van der Waals surface area contributed by atoms with Crippen molar-refractivity contribution in [1.82, 2.24) is 9.55 Å². The molecule has 0 aliphatic carbocycles. The second-order valence-electron chi connectivity index (χ2n) is 13.0. The SMILES string of the molecule is COC(=O)c1cc(-n2cc(-c3ccc(Cl)cc3Cl)nc2Cc2ccc(-c3ccc(Oc4ccc(C(C)(C)C)cc4)cc3)cc2)ccc1C(F)(F)F. The topological polar surface area (TPSA) is 53.4 Å². The van der Waals surface area contributed by atoms with Crippen molar-refractivity contribution in [2.45, 2.75) is 38.8 Å². The third-order valence-corrected chi connectivity index (χ3v) is 8.99. The Morgan fingerprint density at radius 2 is 1.39 bits per heavy atom. The highest BCUT2D eigenvalue weighted by atomic mass is 35.5. The first-order valence-electron chi connectivity index (χ1n) is 16.0. The first-order chi connectivity index (χ1) is 24.2. The van der Waals surface area contributed by atoms with Gasteiger partial charge >= 0.3 is 12.1 Å². The lowest BCUT2D eigenvalue weighted by Gasteiger charge is -2.19. The van der Waals surface area contributed by atoms with E-state index in [0.717, 1.165) is 47.4 Å². The molecular weight excluding hydrogens is 696 g/mol. The maximum Gasteiger partial charge on any atom is 0.417 e. The Balaban J connectivity index is 1.28. The van der Waals surface area contributed by atoms with Crippen LogP contribution in [-0.4, -0.2) is 22.6 Å². The molecule has 0 saturated heterocycles.